The Morgan fingerprint density at radius 2 is 1.68 bits per heavy atom. The van der Waals surface area contributed by atoms with Crippen molar-refractivity contribution in [2.75, 3.05) is 6.54 Å². The Morgan fingerprint density at radius 3 is 2.12 bits per heavy atom. The van der Waals surface area contributed by atoms with Crippen LogP contribution in [0.5, 0.6) is 0 Å². The number of hydrogen-bond acceptors (Lipinski definition) is 3. The topological polar surface area (TPSA) is 34.1 Å². The molecule has 0 spiro atoms. The second kappa shape index (κ2) is 8.70. The molecule has 142 valence electrons. The molecule has 1 atom stereocenters. The Labute approximate surface area is 164 Å². The van der Waals surface area contributed by atoms with Crippen LogP contribution in [0.15, 0.2) is 12.4 Å². The molecule has 2 rings (SSSR count). The summed E-state index contributed by atoms with van der Waals surface area (Å²) in [6.07, 6.45) is 5.63. The smallest absolute Gasteiger partial charge is 0.192 e. The standard InChI is InChI=1S/C19H32Cl2N2OSi/c1-6-25(7-2,8-3)24-17(13-23-14-9-19(4,5)10-14)18-15(20)11-22-12-16(18)21/h11-12,14,17,23H,6-10,13H2,1-5H3. The molecule has 0 radical (unpaired) electrons. The predicted molar refractivity (Wildman–Crippen MR) is 110 cm³/mol. The lowest BCUT2D eigenvalue weighted by Gasteiger charge is -2.44. The van der Waals surface area contributed by atoms with Crippen LogP contribution >= 0.6 is 23.2 Å². The third-order valence-corrected chi connectivity index (χ3v) is 11.0. The number of hydrogen-bond donors (Lipinski definition) is 1. The first kappa shape index (κ1) is 21.2. The van der Waals surface area contributed by atoms with Crippen molar-refractivity contribution in [2.24, 2.45) is 5.41 Å². The molecular formula is C19H32Cl2N2OSi. The summed E-state index contributed by atoms with van der Waals surface area (Å²) in [7, 11) is -1.78. The first-order valence-electron chi connectivity index (χ1n) is 9.46. The largest absolute Gasteiger partial charge is 0.409 e. The molecule has 1 heterocycles. The molecule has 1 aromatic heterocycles. The minimum Gasteiger partial charge on any atom is -0.409 e. The van der Waals surface area contributed by atoms with Gasteiger partial charge in [0, 0.05) is 30.5 Å². The third-order valence-electron chi connectivity index (χ3n) is 5.73. The highest BCUT2D eigenvalue weighted by Crippen LogP contribution is 2.41. The van der Waals surface area contributed by atoms with Crippen molar-refractivity contribution < 1.29 is 4.43 Å². The highest BCUT2D eigenvalue weighted by atomic mass is 35.5. The van der Waals surface area contributed by atoms with Crippen molar-refractivity contribution in [1.29, 1.82) is 0 Å². The first-order valence-corrected chi connectivity index (χ1v) is 12.7. The van der Waals surface area contributed by atoms with Gasteiger partial charge in [-0.15, -0.1) is 0 Å². The van der Waals surface area contributed by atoms with Crippen LogP contribution in [0, 0.1) is 5.41 Å². The molecule has 1 unspecified atom stereocenters. The molecule has 6 heteroatoms. The zero-order valence-electron chi connectivity index (χ0n) is 16.2. The van der Waals surface area contributed by atoms with Gasteiger partial charge in [-0.2, -0.15) is 0 Å². The number of nitrogens with one attached hydrogen (secondary N) is 1. The van der Waals surface area contributed by atoms with E-state index < -0.39 is 8.32 Å². The molecule has 0 amide bonds. The fraction of sp³-hybridized carbons (Fsp3) is 0.737. The van der Waals surface area contributed by atoms with Crippen LogP contribution in [0.3, 0.4) is 0 Å². The molecule has 1 aromatic rings. The second-order valence-corrected chi connectivity index (χ2v) is 13.6. The van der Waals surface area contributed by atoms with E-state index in [1.807, 2.05) is 0 Å². The van der Waals surface area contributed by atoms with Gasteiger partial charge in [0.15, 0.2) is 8.32 Å². The van der Waals surface area contributed by atoms with E-state index in [2.05, 4.69) is 44.9 Å². The van der Waals surface area contributed by atoms with E-state index in [0.717, 1.165) is 30.2 Å². The molecule has 0 aliphatic heterocycles. The van der Waals surface area contributed by atoms with Gasteiger partial charge >= 0.3 is 0 Å². The van der Waals surface area contributed by atoms with E-state index in [1.54, 1.807) is 12.4 Å². The first-order chi connectivity index (χ1) is 11.8. The highest BCUT2D eigenvalue weighted by Gasteiger charge is 2.38. The fourth-order valence-corrected chi connectivity index (χ4v) is 7.34. The minimum atomic E-state index is -1.78. The molecule has 0 aromatic carbocycles. The molecule has 1 aliphatic rings. The number of halogens is 2. The third kappa shape index (κ3) is 5.20. The van der Waals surface area contributed by atoms with Crippen molar-refractivity contribution in [1.82, 2.24) is 10.3 Å². The van der Waals surface area contributed by atoms with Crippen LogP contribution in [-0.2, 0) is 4.43 Å². The Morgan fingerprint density at radius 1 is 1.16 bits per heavy atom. The van der Waals surface area contributed by atoms with Crippen molar-refractivity contribution >= 4 is 31.5 Å². The second-order valence-electron chi connectivity index (χ2n) is 8.04. The number of nitrogens with zero attached hydrogens (tertiary/aromatic N) is 1. The van der Waals surface area contributed by atoms with Gasteiger partial charge < -0.3 is 9.74 Å². The van der Waals surface area contributed by atoms with E-state index in [1.165, 1.54) is 12.8 Å². The lowest BCUT2D eigenvalue weighted by molar-refractivity contribution is 0.106. The van der Waals surface area contributed by atoms with Crippen molar-refractivity contribution in [3.05, 3.63) is 28.0 Å². The van der Waals surface area contributed by atoms with Crippen LogP contribution in [0.2, 0.25) is 28.2 Å². The van der Waals surface area contributed by atoms with Crippen LogP contribution in [0.1, 0.15) is 59.1 Å². The van der Waals surface area contributed by atoms with Gasteiger partial charge in [-0.05, 0) is 36.4 Å². The summed E-state index contributed by atoms with van der Waals surface area (Å²) in [6, 6.07) is 3.87. The minimum absolute atomic E-state index is 0.113. The van der Waals surface area contributed by atoms with Gasteiger partial charge in [0.25, 0.3) is 0 Å². The van der Waals surface area contributed by atoms with Crippen LogP contribution in [0.25, 0.3) is 0 Å². The fourth-order valence-electron chi connectivity index (χ4n) is 3.93. The van der Waals surface area contributed by atoms with Crippen LogP contribution in [0.4, 0.5) is 0 Å². The van der Waals surface area contributed by atoms with Gasteiger partial charge in [0.2, 0.25) is 0 Å². The molecule has 3 nitrogen and oxygen atoms in total. The summed E-state index contributed by atoms with van der Waals surface area (Å²) >= 11 is 12.9. The molecule has 1 saturated carbocycles. The molecular weight excluding hydrogens is 371 g/mol. The predicted octanol–water partition coefficient (Wildman–Crippen LogP) is 6.23. The summed E-state index contributed by atoms with van der Waals surface area (Å²) in [5.41, 5.74) is 1.34. The number of pyridine rings is 1. The molecule has 1 N–H and O–H groups in total. The monoisotopic (exact) mass is 402 g/mol. The van der Waals surface area contributed by atoms with Crippen molar-refractivity contribution in [3.63, 3.8) is 0 Å². The maximum absolute atomic E-state index is 6.78. The van der Waals surface area contributed by atoms with Crippen LogP contribution in [-0.4, -0.2) is 25.9 Å². The van der Waals surface area contributed by atoms with E-state index >= 15 is 0 Å². The molecule has 0 bridgehead atoms. The zero-order valence-corrected chi connectivity index (χ0v) is 18.7. The van der Waals surface area contributed by atoms with E-state index in [0.29, 0.717) is 21.5 Å². The summed E-state index contributed by atoms with van der Waals surface area (Å²) in [4.78, 5) is 4.10. The number of aromatic nitrogens is 1. The van der Waals surface area contributed by atoms with Crippen molar-refractivity contribution in [2.45, 2.75) is 77.7 Å². The van der Waals surface area contributed by atoms with E-state index in [-0.39, 0.29) is 6.10 Å². The zero-order chi connectivity index (χ0) is 18.7. The number of rotatable bonds is 9. The maximum atomic E-state index is 6.78. The van der Waals surface area contributed by atoms with E-state index in [4.69, 9.17) is 27.6 Å². The maximum Gasteiger partial charge on any atom is 0.192 e. The summed E-state index contributed by atoms with van der Waals surface area (Å²) in [5.74, 6) is 0. The average molecular weight is 403 g/mol. The summed E-state index contributed by atoms with van der Waals surface area (Å²) in [5, 5.41) is 4.88. The average Bonchev–Trinajstić information content (AvgIpc) is 2.55. The lowest BCUT2D eigenvalue weighted by Crippen LogP contribution is -2.48. The summed E-state index contributed by atoms with van der Waals surface area (Å²) in [6.45, 7) is 12.1. The Bertz CT molecular complexity index is 542. The summed E-state index contributed by atoms with van der Waals surface area (Å²) < 4.78 is 6.78. The molecule has 1 aliphatic carbocycles. The van der Waals surface area contributed by atoms with Gasteiger partial charge in [0.1, 0.15) is 0 Å². The normalized spacial score (nSPS) is 18.8. The molecule has 1 fully saturated rings. The van der Waals surface area contributed by atoms with Gasteiger partial charge in [-0.1, -0.05) is 57.8 Å². The molecule has 0 saturated heterocycles. The van der Waals surface area contributed by atoms with Crippen molar-refractivity contribution in [3.8, 4) is 0 Å². The lowest BCUT2D eigenvalue weighted by atomic mass is 9.68. The molecule has 25 heavy (non-hydrogen) atoms. The van der Waals surface area contributed by atoms with Gasteiger partial charge in [0.05, 0.1) is 16.1 Å². The Balaban J connectivity index is 2.19. The SMILES string of the molecule is CC[Si](CC)(CC)OC(CNC1CC(C)(C)C1)c1c(Cl)cncc1Cl. The van der Waals surface area contributed by atoms with E-state index in [9.17, 15) is 0 Å². The Kier molecular flexibility index (Phi) is 7.37. The quantitative estimate of drug-likeness (QED) is 0.496. The van der Waals surface area contributed by atoms with Gasteiger partial charge in [-0.3, -0.25) is 4.98 Å². The van der Waals surface area contributed by atoms with Gasteiger partial charge in [-0.25, -0.2) is 0 Å². The highest BCUT2D eigenvalue weighted by molar-refractivity contribution is 6.73. The Hall–Kier alpha value is -0.133. The van der Waals surface area contributed by atoms with Crippen LogP contribution < -0.4 is 5.32 Å².